The minimum absolute atomic E-state index is 0.103. The minimum atomic E-state index is -4.31. The molecule has 2 rings (SSSR count). The Morgan fingerprint density at radius 2 is 2.28 bits per heavy atom. The van der Waals surface area contributed by atoms with Crippen LogP contribution in [0.15, 0.2) is 0 Å². The average molecular weight is 265 g/mol. The van der Waals surface area contributed by atoms with Gasteiger partial charge >= 0.3 is 6.18 Å². The number of aromatic nitrogens is 3. The van der Waals surface area contributed by atoms with Crippen LogP contribution in [0.1, 0.15) is 24.0 Å². The Hall–Kier alpha value is -1.15. The molecule has 0 aromatic carbocycles. The highest BCUT2D eigenvalue weighted by Crippen LogP contribution is 2.26. The molecule has 1 atom stereocenters. The van der Waals surface area contributed by atoms with Crippen LogP contribution >= 0.6 is 0 Å². The first-order chi connectivity index (χ1) is 8.49. The molecule has 0 bridgehead atoms. The van der Waals surface area contributed by atoms with E-state index < -0.39 is 12.7 Å². The maximum Gasteiger partial charge on any atom is 0.408 e. The van der Waals surface area contributed by atoms with Gasteiger partial charge in [0.25, 0.3) is 0 Å². The monoisotopic (exact) mass is 265 g/mol. The summed E-state index contributed by atoms with van der Waals surface area (Å²) in [7, 11) is 1.45. The van der Waals surface area contributed by atoms with Crippen LogP contribution in [0.25, 0.3) is 0 Å². The fourth-order valence-corrected chi connectivity index (χ4v) is 1.92. The predicted molar refractivity (Wildman–Crippen MR) is 55.0 cm³/mol. The molecule has 0 saturated carbocycles. The van der Waals surface area contributed by atoms with E-state index in [-0.39, 0.29) is 18.3 Å². The molecular formula is C10H14F3N3O2. The smallest absolute Gasteiger partial charge is 0.381 e. The second-order valence-electron chi connectivity index (χ2n) is 4.15. The highest BCUT2D eigenvalue weighted by atomic mass is 19.4. The van der Waals surface area contributed by atoms with Crippen LogP contribution in [0.4, 0.5) is 13.2 Å². The third kappa shape index (κ3) is 3.20. The molecule has 1 saturated heterocycles. The second kappa shape index (κ2) is 5.23. The molecule has 0 radical (unpaired) electrons. The van der Waals surface area contributed by atoms with Gasteiger partial charge < -0.3 is 9.47 Å². The summed E-state index contributed by atoms with van der Waals surface area (Å²) in [6.45, 7) is -0.0902. The van der Waals surface area contributed by atoms with E-state index in [1.165, 1.54) is 7.11 Å². The van der Waals surface area contributed by atoms with Crippen molar-refractivity contribution in [3.63, 3.8) is 0 Å². The number of methoxy groups -OCH3 is 1. The van der Waals surface area contributed by atoms with Crippen molar-refractivity contribution in [2.75, 3.05) is 20.3 Å². The normalized spacial score (nSPS) is 20.6. The molecule has 2 heterocycles. The summed E-state index contributed by atoms with van der Waals surface area (Å²) in [5.41, 5.74) is 0. The molecule has 1 aromatic heterocycles. The van der Waals surface area contributed by atoms with E-state index in [9.17, 15) is 13.2 Å². The van der Waals surface area contributed by atoms with Crippen molar-refractivity contribution in [3.8, 4) is 0 Å². The Labute approximate surface area is 102 Å². The number of rotatable bonds is 4. The lowest BCUT2D eigenvalue weighted by molar-refractivity contribution is -0.143. The Kier molecular flexibility index (Phi) is 3.86. The molecule has 1 aliphatic rings. The number of ether oxygens (including phenoxy) is 2. The fraction of sp³-hybridized carbons (Fsp3) is 0.800. The lowest BCUT2D eigenvalue weighted by Gasteiger charge is -2.11. The van der Waals surface area contributed by atoms with Gasteiger partial charge in [-0.25, -0.2) is 9.67 Å². The van der Waals surface area contributed by atoms with Gasteiger partial charge in [0.2, 0.25) is 0 Å². The SMILES string of the molecule is COCc1nc(C2CCOC2)n(CC(F)(F)F)n1. The first-order valence-electron chi connectivity index (χ1n) is 5.56. The third-order valence-corrected chi connectivity index (χ3v) is 2.64. The van der Waals surface area contributed by atoms with E-state index in [1.807, 2.05) is 0 Å². The van der Waals surface area contributed by atoms with Gasteiger partial charge in [-0.15, -0.1) is 0 Å². The lowest BCUT2D eigenvalue weighted by atomic mass is 10.1. The molecule has 8 heteroatoms. The largest absolute Gasteiger partial charge is 0.408 e. The molecule has 5 nitrogen and oxygen atoms in total. The summed E-state index contributed by atoms with van der Waals surface area (Å²) < 4.78 is 48.3. The first-order valence-corrected chi connectivity index (χ1v) is 5.56. The van der Waals surface area contributed by atoms with Gasteiger partial charge in [-0.1, -0.05) is 0 Å². The Morgan fingerprint density at radius 1 is 1.50 bits per heavy atom. The number of alkyl halides is 3. The summed E-state index contributed by atoms with van der Waals surface area (Å²) in [4.78, 5) is 4.11. The van der Waals surface area contributed by atoms with Crippen LogP contribution < -0.4 is 0 Å². The van der Waals surface area contributed by atoms with Gasteiger partial charge in [0, 0.05) is 19.6 Å². The molecule has 0 spiro atoms. The van der Waals surface area contributed by atoms with Crippen LogP contribution in [-0.4, -0.2) is 41.3 Å². The topological polar surface area (TPSA) is 49.2 Å². The van der Waals surface area contributed by atoms with Gasteiger partial charge in [-0.3, -0.25) is 0 Å². The van der Waals surface area contributed by atoms with Crippen molar-refractivity contribution in [3.05, 3.63) is 11.6 Å². The van der Waals surface area contributed by atoms with Crippen molar-refractivity contribution in [2.45, 2.75) is 31.7 Å². The van der Waals surface area contributed by atoms with Crippen molar-refractivity contribution < 1.29 is 22.6 Å². The van der Waals surface area contributed by atoms with Crippen LogP contribution in [0.5, 0.6) is 0 Å². The van der Waals surface area contributed by atoms with E-state index >= 15 is 0 Å². The Bertz CT molecular complexity index is 400. The van der Waals surface area contributed by atoms with Crippen molar-refractivity contribution in [2.24, 2.45) is 0 Å². The molecule has 1 aromatic rings. The quantitative estimate of drug-likeness (QED) is 0.827. The fourth-order valence-electron chi connectivity index (χ4n) is 1.92. The summed E-state index contributed by atoms with van der Waals surface area (Å²) in [5, 5.41) is 3.83. The van der Waals surface area contributed by atoms with Gasteiger partial charge in [0.15, 0.2) is 5.82 Å². The highest BCUT2D eigenvalue weighted by Gasteiger charge is 2.33. The molecular weight excluding hydrogens is 251 g/mol. The molecule has 1 unspecified atom stereocenters. The van der Waals surface area contributed by atoms with E-state index in [4.69, 9.17) is 9.47 Å². The molecule has 0 aliphatic carbocycles. The highest BCUT2D eigenvalue weighted by molar-refractivity contribution is 5.02. The Morgan fingerprint density at radius 3 is 2.83 bits per heavy atom. The number of hydrogen-bond donors (Lipinski definition) is 0. The molecule has 18 heavy (non-hydrogen) atoms. The van der Waals surface area contributed by atoms with Gasteiger partial charge in [-0.05, 0) is 6.42 Å². The van der Waals surface area contributed by atoms with Gasteiger partial charge in [0.05, 0.1) is 6.61 Å². The first kappa shape index (κ1) is 13.3. The lowest BCUT2D eigenvalue weighted by Crippen LogP contribution is -2.22. The second-order valence-corrected chi connectivity index (χ2v) is 4.15. The van der Waals surface area contributed by atoms with E-state index in [0.29, 0.717) is 25.5 Å². The average Bonchev–Trinajstić information content (AvgIpc) is 2.85. The van der Waals surface area contributed by atoms with Gasteiger partial charge in [-0.2, -0.15) is 18.3 Å². The summed E-state index contributed by atoms with van der Waals surface area (Å²) in [5.74, 6) is 0.478. The van der Waals surface area contributed by atoms with Crippen LogP contribution in [0, 0.1) is 0 Å². The van der Waals surface area contributed by atoms with Crippen LogP contribution in [0.2, 0.25) is 0 Å². The van der Waals surface area contributed by atoms with Crippen molar-refractivity contribution >= 4 is 0 Å². The number of hydrogen-bond acceptors (Lipinski definition) is 4. The van der Waals surface area contributed by atoms with Crippen molar-refractivity contribution in [1.29, 1.82) is 0 Å². The maximum atomic E-state index is 12.5. The van der Waals surface area contributed by atoms with Gasteiger partial charge in [0.1, 0.15) is 19.0 Å². The Balaban J connectivity index is 2.23. The molecule has 0 N–H and O–H groups in total. The van der Waals surface area contributed by atoms with Crippen LogP contribution in [0.3, 0.4) is 0 Å². The summed E-state index contributed by atoms with van der Waals surface area (Å²) >= 11 is 0. The standard InChI is InChI=1S/C10H14F3N3O2/c1-17-5-8-14-9(7-2-3-18-4-7)16(15-8)6-10(11,12)13/h7H,2-6H2,1H3. The van der Waals surface area contributed by atoms with Crippen LogP contribution in [-0.2, 0) is 22.6 Å². The zero-order valence-corrected chi connectivity index (χ0v) is 9.90. The molecule has 1 fully saturated rings. The zero-order chi connectivity index (χ0) is 13.2. The molecule has 102 valence electrons. The van der Waals surface area contributed by atoms with E-state index in [2.05, 4.69) is 10.1 Å². The number of halogens is 3. The summed E-state index contributed by atoms with van der Waals surface area (Å²) in [6, 6.07) is 0. The van der Waals surface area contributed by atoms with E-state index in [1.54, 1.807) is 0 Å². The molecule has 0 amide bonds. The van der Waals surface area contributed by atoms with Crippen molar-refractivity contribution in [1.82, 2.24) is 14.8 Å². The number of nitrogens with zero attached hydrogens (tertiary/aromatic N) is 3. The summed E-state index contributed by atoms with van der Waals surface area (Å²) in [6.07, 6.45) is -3.64. The van der Waals surface area contributed by atoms with E-state index in [0.717, 1.165) is 4.68 Å². The minimum Gasteiger partial charge on any atom is -0.381 e. The maximum absolute atomic E-state index is 12.5. The molecule has 1 aliphatic heterocycles. The predicted octanol–water partition coefficient (Wildman–Crippen LogP) is 1.49. The third-order valence-electron chi connectivity index (χ3n) is 2.64. The zero-order valence-electron chi connectivity index (χ0n) is 9.90.